The molecular formula is C22H20FNO2. The maximum atomic E-state index is 14.2. The largest absolute Gasteiger partial charge is 0.486 e. The molecule has 132 valence electrons. The van der Waals surface area contributed by atoms with E-state index in [1.807, 2.05) is 60.7 Å². The summed E-state index contributed by atoms with van der Waals surface area (Å²) in [7, 11) is 0. The molecule has 0 heterocycles. The van der Waals surface area contributed by atoms with E-state index in [0.29, 0.717) is 24.8 Å². The smallest absolute Gasteiger partial charge is 0.184 e. The van der Waals surface area contributed by atoms with E-state index in [0.717, 1.165) is 11.1 Å². The topological polar surface area (TPSA) is 30.5 Å². The van der Waals surface area contributed by atoms with Crippen LogP contribution in [0, 0.1) is 5.82 Å². The van der Waals surface area contributed by atoms with E-state index in [9.17, 15) is 4.39 Å². The van der Waals surface area contributed by atoms with Crippen LogP contribution in [-0.2, 0) is 18.0 Å². The van der Waals surface area contributed by atoms with Crippen LogP contribution in [0.5, 0.6) is 5.75 Å². The van der Waals surface area contributed by atoms with Crippen LogP contribution in [0.3, 0.4) is 0 Å². The van der Waals surface area contributed by atoms with Crippen molar-refractivity contribution in [3.05, 3.63) is 108 Å². The Morgan fingerprint density at radius 1 is 0.846 bits per heavy atom. The highest BCUT2D eigenvalue weighted by Gasteiger charge is 2.06. The van der Waals surface area contributed by atoms with Crippen LogP contribution in [0.25, 0.3) is 0 Å². The van der Waals surface area contributed by atoms with Crippen LogP contribution >= 0.6 is 0 Å². The van der Waals surface area contributed by atoms with Gasteiger partial charge in [-0.25, -0.2) is 4.39 Å². The lowest BCUT2D eigenvalue weighted by Gasteiger charge is -2.13. The molecule has 3 aromatic carbocycles. The average molecular weight is 349 g/mol. The fourth-order valence-corrected chi connectivity index (χ4v) is 2.37. The summed E-state index contributed by atoms with van der Waals surface area (Å²) < 4.78 is 25.3. The van der Waals surface area contributed by atoms with Gasteiger partial charge in [0, 0.05) is 11.8 Å². The number of anilines is 1. The van der Waals surface area contributed by atoms with Crippen molar-refractivity contribution in [1.82, 2.24) is 0 Å². The van der Waals surface area contributed by atoms with E-state index in [2.05, 4.69) is 11.9 Å². The summed E-state index contributed by atoms with van der Waals surface area (Å²) in [5.74, 6) is 0.114. The van der Waals surface area contributed by atoms with Gasteiger partial charge < -0.3 is 14.8 Å². The average Bonchev–Trinajstić information content (AvgIpc) is 2.67. The fraction of sp³-hybridized carbons (Fsp3) is 0.0909. The summed E-state index contributed by atoms with van der Waals surface area (Å²) in [6.45, 7) is 4.52. The molecule has 0 saturated carbocycles. The highest BCUT2D eigenvalue weighted by Crippen LogP contribution is 2.23. The zero-order valence-corrected chi connectivity index (χ0v) is 14.3. The molecule has 4 heteroatoms. The molecule has 0 bridgehead atoms. The second-order valence-corrected chi connectivity index (χ2v) is 5.74. The number of hydrogen-bond acceptors (Lipinski definition) is 3. The number of halogens is 1. The molecule has 1 N–H and O–H groups in total. The summed E-state index contributed by atoms with van der Waals surface area (Å²) in [6, 6.07) is 24.1. The van der Waals surface area contributed by atoms with E-state index in [4.69, 9.17) is 9.47 Å². The van der Waals surface area contributed by atoms with Crippen LogP contribution in [0.4, 0.5) is 10.1 Å². The predicted molar refractivity (Wildman–Crippen MR) is 101 cm³/mol. The zero-order valence-electron chi connectivity index (χ0n) is 14.3. The summed E-state index contributed by atoms with van der Waals surface area (Å²) in [6.07, 6.45) is 0. The Morgan fingerprint density at radius 3 is 2.08 bits per heavy atom. The van der Waals surface area contributed by atoms with Crippen LogP contribution in [0.2, 0.25) is 0 Å². The maximum Gasteiger partial charge on any atom is 0.184 e. The molecule has 3 aromatic rings. The van der Waals surface area contributed by atoms with Crippen molar-refractivity contribution in [2.75, 3.05) is 5.32 Å². The number of benzene rings is 3. The summed E-state index contributed by atoms with van der Waals surface area (Å²) in [5, 5.41) is 2.94. The normalized spacial score (nSPS) is 10.2. The molecule has 0 aliphatic carbocycles. The van der Waals surface area contributed by atoms with Crippen molar-refractivity contribution in [1.29, 1.82) is 0 Å². The van der Waals surface area contributed by atoms with E-state index in [1.54, 1.807) is 12.1 Å². The van der Waals surface area contributed by atoms with Crippen molar-refractivity contribution < 1.29 is 13.9 Å². The molecule has 0 fully saturated rings. The predicted octanol–water partition coefficient (Wildman–Crippen LogP) is 5.50. The standard InChI is InChI=1S/C22H20FNO2/c1-17(25-15-18-8-4-2-5-9-18)24-20-12-13-22(21(23)14-20)26-16-19-10-6-3-7-11-19/h2-14,24H,1,15-16H2. The molecule has 0 aliphatic rings. The number of nitrogens with one attached hydrogen (secondary N) is 1. The summed E-state index contributed by atoms with van der Waals surface area (Å²) in [5.41, 5.74) is 2.57. The van der Waals surface area contributed by atoms with Gasteiger partial charge in [-0.3, -0.25) is 0 Å². The van der Waals surface area contributed by atoms with Gasteiger partial charge >= 0.3 is 0 Å². The lowest BCUT2D eigenvalue weighted by Crippen LogP contribution is -2.04. The van der Waals surface area contributed by atoms with E-state index in [-0.39, 0.29) is 5.75 Å². The third-order valence-electron chi connectivity index (χ3n) is 3.71. The molecule has 3 nitrogen and oxygen atoms in total. The molecule has 0 amide bonds. The molecule has 3 rings (SSSR count). The van der Waals surface area contributed by atoms with E-state index >= 15 is 0 Å². The van der Waals surface area contributed by atoms with Gasteiger partial charge in [0.1, 0.15) is 13.2 Å². The third kappa shape index (κ3) is 5.11. The first-order chi connectivity index (χ1) is 12.7. The van der Waals surface area contributed by atoms with Crippen molar-refractivity contribution in [3.63, 3.8) is 0 Å². The Balaban J connectivity index is 1.52. The number of rotatable bonds is 8. The summed E-state index contributed by atoms with van der Waals surface area (Å²) in [4.78, 5) is 0. The Labute approximate surface area is 152 Å². The number of hydrogen-bond donors (Lipinski definition) is 1. The Bertz CT molecular complexity index is 851. The van der Waals surface area contributed by atoms with Crippen LogP contribution in [0.1, 0.15) is 11.1 Å². The number of ether oxygens (including phenoxy) is 2. The first kappa shape index (κ1) is 17.5. The highest BCUT2D eigenvalue weighted by molar-refractivity contribution is 5.50. The molecule has 0 atom stereocenters. The van der Waals surface area contributed by atoms with Crippen LogP contribution in [-0.4, -0.2) is 0 Å². The van der Waals surface area contributed by atoms with Gasteiger partial charge in [-0.1, -0.05) is 60.7 Å². The fourth-order valence-electron chi connectivity index (χ4n) is 2.37. The molecule has 26 heavy (non-hydrogen) atoms. The molecule has 0 aliphatic heterocycles. The molecule has 0 unspecified atom stereocenters. The molecule has 0 aromatic heterocycles. The zero-order chi connectivity index (χ0) is 18.2. The maximum absolute atomic E-state index is 14.2. The van der Waals surface area contributed by atoms with Crippen molar-refractivity contribution in [3.8, 4) is 5.75 Å². The highest BCUT2D eigenvalue weighted by atomic mass is 19.1. The van der Waals surface area contributed by atoms with Gasteiger partial charge in [0.15, 0.2) is 17.4 Å². The second-order valence-electron chi connectivity index (χ2n) is 5.74. The Morgan fingerprint density at radius 2 is 1.46 bits per heavy atom. The Hall–Kier alpha value is -3.27. The van der Waals surface area contributed by atoms with Crippen LogP contribution < -0.4 is 10.1 Å². The van der Waals surface area contributed by atoms with Crippen molar-refractivity contribution in [2.24, 2.45) is 0 Å². The van der Waals surface area contributed by atoms with Gasteiger partial charge in [-0.05, 0) is 29.8 Å². The van der Waals surface area contributed by atoms with Crippen LogP contribution in [0.15, 0.2) is 91.3 Å². The quantitative estimate of drug-likeness (QED) is 0.544. The first-order valence-corrected chi connectivity index (χ1v) is 8.29. The van der Waals surface area contributed by atoms with Gasteiger partial charge in [0.2, 0.25) is 0 Å². The van der Waals surface area contributed by atoms with Gasteiger partial charge in [0.05, 0.1) is 0 Å². The van der Waals surface area contributed by atoms with E-state index in [1.165, 1.54) is 6.07 Å². The first-order valence-electron chi connectivity index (χ1n) is 8.29. The molecule has 0 radical (unpaired) electrons. The minimum Gasteiger partial charge on any atom is -0.486 e. The minimum absolute atomic E-state index is 0.204. The second kappa shape index (κ2) is 8.72. The van der Waals surface area contributed by atoms with Crippen molar-refractivity contribution in [2.45, 2.75) is 13.2 Å². The molecular weight excluding hydrogens is 329 g/mol. The minimum atomic E-state index is -0.443. The summed E-state index contributed by atoms with van der Waals surface area (Å²) >= 11 is 0. The Kier molecular flexibility index (Phi) is 5.88. The monoisotopic (exact) mass is 349 g/mol. The van der Waals surface area contributed by atoms with Gasteiger partial charge in [-0.2, -0.15) is 0 Å². The van der Waals surface area contributed by atoms with Crippen molar-refractivity contribution >= 4 is 5.69 Å². The molecule has 0 saturated heterocycles. The van der Waals surface area contributed by atoms with Gasteiger partial charge in [0.25, 0.3) is 0 Å². The third-order valence-corrected chi connectivity index (χ3v) is 3.71. The SMILES string of the molecule is C=C(Nc1ccc(OCc2ccccc2)c(F)c1)OCc1ccccc1. The lowest BCUT2D eigenvalue weighted by atomic mass is 10.2. The lowest BCUT2D eigenvalue weighted by molar-refractivity contribution is 0.205. The molecule has 0 spiro atoms. The van der Waals surface area contributed by atoms with E-state index < -0.39 is 5.82 Å². The van der Waals surface area contributed by atoms with Gasteiger partial charge in [-0.15, -0.1) is 0 Å².